The number of fused-ring (bicyclic) bond motifs is 1. The molecule has 1 unspecified atom stereocenters. The van der Waals surface area contributed by atoms with E-state index in [9.17, 15) is 0 Å². The van der Waals surface area contributed by atoms with Crippen LogP contribution in [0.3, 0.4) is 0 Å². The summed E-state index contributed by atoms with van der Waals surface area (Å²) in [6.07, 6.45) is -0.555. The second-order valence-electron chi connectivity index (χ2n) is 3.09. The summed E-state index contributed by atoms with van der Waals surface area (Å²) in [6, 6.07) is 10.2. The van der Waals surface area contributed by atoms with E-state index in [-0.39, 0.29) is 0 Å². The molecule has 0 bridgehead atoms. The van der Waals surface area contributed by atoms with Crippen LogP contribution in [0.4, 0.5) is 0 Å². The molecule has 2 aromatic rings. The van der Waals surface area contributed by atoms with Crippen LogP contribution < -0.4 is 0 Å². The smallest absolute Gasteiger partial charge is 0.112 e. The van der Waals surface area contributed by atoms with Gasteiger partial charge in [-0.15, -0.1) is 11.3 Å². The summed E-state index contributed by atoms with van der Waals surface area (Å²) in [4.78, 5) is 1.01. The summed E-state index contributed by atoms with van der Waals surface area (Å²) in [5, 5.41) is 10.2. The van der Waals surface area contributed by atoms with Gasteiger partial charge in [-0.1, -0.05) is 30.0 Å². The number of aliphatic hydroxyl groups is 1. The molecule has 0 fully saturated rings. The predicted molar refractivity (Wildman–Crippen MR) is 60.4 cm³/mol. The molecule has 1 atom stereocenters. The average Bonchev–Trinajstić information content (AvgIpc) is 2.57. The Morgan fingerprint density at radius 1 is 1.36 bits per heavy atom. The fourth-order valence-electron chi connectivity index (χ4n) is 1.22. The van der Waals surface area contributed by atoms with Crippen LogP contribution in [0.15, 0.2) is 30.3 Å². The highest BCUT2D eigenvalue weighted by Gasteiger charge is 1.97. The van der Waals surface area contributed by atoms with E-state index in [1.54, 1.807) is 18.3 Å². The van der Waals surface area contributed by atoms with Crippen LogP contribution in [0.25, 0.3) is 10.1 Å². The molecule has 0 aliphatic rings. The van der Waals surface area contributed by atoms with E-state index in [1.807, 2.05) is 12.1 Å². The van der Waals surface area contributed by atoms with E-state index < -0.39 is 6.10 Å². The zero-order valence-corrected chi connectivity index (χ0v) is 8.64. The van der Waals surface area contributed by atoms with Crippen LogP contribution >= 0.6 is 11.3 Å². The Labute approximate surface area is 87.0 Å². The van der Waals surface area contributed by atoms with Gasteiger partial charge in [-0.3, -0.25) is 0 Å². The summed E-state index contributed by atoms with van der Waals surface area (Å²) in [6.45, 7) is 1.67. The molecule has 2 heteroatoms. The molecule has 0 aliphatic carbocycles. The summed E-state index contributed by atoms with van der Waals surface area (Å²) in [5.41, 5.74) is 0. The van der Waals surface area contributed by atoms with Gasteiger partial charge < -0.3 is 5.11 Å². The lowest BCUT2D eigenvalue weighted by Crippen LogP contribution is -1.91. The lowest BCUT2D eigenvalue weighted by Gasteiger charge is -1.85. The van der Waals surface area contributed by atoms with E-state index in [0.717, 1.165) is 4.88 Å². The van der Waals surface area contributed by atoms with E-state index in [1.165, 1.54) is 10.1 Å². The van der Waals surface area contributed by atoms with E-state index in [2.05, 4.69) is 30.0 Å². The van der Waals surface area contributed by atoms with Crippen molar-refractivity contribution in [3.63, 3.8) is 0 Å². The second-order valence-corrected chi connectivity index (χ2v) is 4.18. The molecule has 0 saturated carbocycles. The van der Waals surface area contributed by atoms with Crippen molar-refractivity contribution in [3.05, 3.63) is 35.2 Å². The lowest BCUT2D eigenvalue weighted by atomic mass is 10.2. The minimum Gasteiger partial charge on any atom is -0.381 e. The Morgan fingerprint density at radius 2 is 2.14 bits per heavy atom. The highest BCUT2D eigenvalue weighted by atomic mass is 32.1. The fraction of sp³-hybridized carbons (Fsp3) is 0.167. The van der Waals surface area contributed by atoms with Crippen molar-refractivity contribution in [2.75, 3.05) is 0 Å². The summed E-state index contributed by atoms with van der Waals surface area (Å²) >= 11 is 1.65. The van der Waals surface area contributed by atoms with Crippen LogP contribution in [0.2, 0.25) is 0 Å². The maximum atomic E-state index is 9.02. The van der Waals surface area contributed by atoms with Gasteiger partial charge in [0.2, 0.25) is 0 Å². The first kappa shape index (κ1) is 9.26. The second kappa shape index (κ2) is 3.83. The summed E-state index contributed by atoms with van der Waals surface area (Å²) < 4.78 is 1.24. The molecule has 1 N–H and O–H groups in total. The van der Waals surface area contributed by atoms with Gasteiger partial charge in [-0.2, -0.15) is 0 Å². The van der Waals surface area contributed by atoms with Gasteiger partial charge in [0, 0.05) is 4.70 Å². The third-order valence-corrected chi connectivity index (χ3v) is 2.86. The van der Waals surface area contributed by atoms with Crippen molar-refractivity contribution in [1.82, 2.24) is 0 Å². The van der Waals surface area contributed by atoms with E-state index >= 15 is 0 Å². The summed E-state index contributed by atoms with van der Waals surface area (Å²) in [7, 11) is 0. The monoisotopic (exact) mass is 202 g/mol. The molecule has 2 rings (SSSR count). The highest BCUT2D eigenvalue weighted by molar-refractivity contribution is 7.19. The molecule has 1 nitrogen and oxygen atoms in total. The summed E-state index contributed by atoms with van der Waals surface area (Å²) in [5.74, 6) is 5.69. The number of rotatable bonds is 0. The number of hydrogen-bond acceptors (Lipinski definition) is 2. The maximum absolute atomic E-state index is 9.02. The minimum absolute atomic E-state index is 0.555. The molecule has 0 spiro atoms. The molecule has 70 valence electrons. The van der Waals surface area contributed by atoms with Crippen molar-refractivity contribution in [2.45, 2.75) is 13.0 Å². The number of aliphatic hydroxyl groups excluding tert-OH is 1. The molecule has 14 heavy (non-hydrogen) atoms. The number of benzene rings is 1. The fourth-order valence-corrected chi connectivity index (χ4v) is 2.14. The first-order valence-electron chi connectivity index (χ1n) is 4.44. The molecular weight excluding hydrogens is 192 g/mol. The molecular formula is C12H10OS. The van der Waals surface area contributed by atoms with Gasteiger partial charge in [0.25, 0.3) is 0 Å². The van der Waals surface area contributed by atoms with Crippen LogP contribution in [0.1, 0.15) is 11.8 Å². The first-order chi connectivity index (χ1) is 6.75. The molecule has 1 heterocycles. The predicted octanol–water partition coefficient (Wildman–Crippen LogP) is 2.63. The zero-order valence-electron chi connectivity index (χ0n) is 7.82. The van der Waals surface area contributed by atoms with Crippen LogP contribution in [0, 0.1) is 11.8 Å². The third-order valence-electron chi connectivity index (χ3n) is 1.83. The van der Waals surface area contributed by atoms with Gasteiger partial charge in [0.05, 0.1) is 4.88 Å². The topological polar surface area (TPSA) is 20.2 Å². The average molecular weight is 202 g/mol. The lowest BCUT2D eigenvalue weighted by molar-refractivity contribution is 0.253. The van der Waals surface area contributed by atoms with Gasteiger partial charge >= 0.3 is 0 Å². The van der Waals surface area contributed by atoms with Gasteiger partial charge in [0.15, 0.2) is 0 Å². The largest absolute Gasteiger partial charge is 0.381 e. The molecule has 0 radical (unpaired) electrons. The molecule has 0 saturated heterocycles. The normalized spacial score (nSPS) is 12.1. The number of thiophene rings is 1. The van der Waals surface area contributed by atoms with Crippen molar-refractivity contribution in [3.8, 4) is 11.8 Å². The number of hydrogen-bond donors (Lipinski definition) is 1. The van der Waals surface area contributed by atoms with Crippen molar-refractivity contribution < 1.29 is 5.11 Å². The van der Waals surface area contributed by atoms with Crippen LogP contribution in [-0.4, -0.2) is 11.2 Å². The van der Waals surface area contributed by atoms with Crippen LogP contribution in [0.5, 0.6) is 0 Å². The third kappa shape index (κ3) is 1.95. The molecule has 0 aliphatic heterocycles. The minimum atomic E-state index is -0.555. The first-order valence-corrected chi connectivity index (χ1v) is 5.25. The molecule has 1 aromatic carbocycles. The molecule has 0 amide bonds. The Balaban J connectivity index is 2.42. The quantitative estimate of drug-likeness (QED) is 0.651. The van der Waals surface area contributed by atoms with E-state index in [0.29, 0.717) is 0 Å². The van der Waals surface area contributed by atoms with E-state index in [4.69, 9.17) is 5.11 Å². The van der Waals surface area contributed by atoms with Gasteiger partial charge in [0.1, 0.15) is 6.10 Å². The van der Waals surface area contributed by atoms with Gasteiger partial charge in [-0.25, -0.2) is 0 Å². The Bertz CT molecular complexity index is 467. The Kier molecular flexibility index (Phi) is 2.53. The zero-order chi connectivity index (χ0) is 9.97. The van der Waals surface area contributed by atoms with Crippen LogP contribution in [-0.2, 0) is 0 Å². The van der Waals surface area contributed by atoms with Crippen molar-refractivity contribution >= 4 is 21.4 Å². The molecule has 1 aromatic heterocycles. The standard InChI is InChI=1S/C12H10OS/c1-9(13)6-7-11-8-10-4-2-3-5-12(10)14-11/h2-5,8-9,13H,1H3. The maximum Gasteiger partial charge on any atom is 0.112 e. The SMILES string of the molecule is CC(O)C#Cc1cc2ccccc2s1. The van der Waals surface area contributed by atoms with Crippen molar-refractivity contribution in [2.24, 2.45) is 0 Å². The Hall–Kier alpha value is -1.30. The Morgan fingerprint density at radius 3 is 2.86 bits per heavy atom. The van der Waals surface area contributed by atoms with Gasteiger partial charge in [-0.05, 0) is 24.4 Å². The van der Waals surface area contributed by atoms with Crippen molar-refractivity contribution in [1.29, 1.82) is 0 Å². The highest BCUT2D eigenvalue weighted by Crippen LogP contribution is 2.24.